The zero-order chi connectivity index (χ0) is 14.8. The summed E-state index contributed by atoms with van der Waals surface area (Å²) in [5, 5.41) is 5.33. The number of rotatable bonds is 4. The summed E-state index contributed by atoms with van der Waals surface area (Å²) < 4.78 is 0. The summed E-state index contributed by atoms with van der Waals surface area (Å²) in [6.07, 6.45) is 2.88. The second-order valence-corrected chi connectivity index (χ2v) is 6.39. The molecule has 112 valence electrons. The third kappa shape index (κ3) is 3.27. The number of pyridine rings is 1. The molecular weight excluding hydrogens is 262 g/mol. The number of H-pyrrole nitrogens is 1. The molecule has 1 atom stereocenters. The predicted octanol–water partition coefficient (Wildman–Crippen LogP) is 2.67. The van der Waals surface area contributed by atoms with Crippen molar-refractivity contribution in [1.29, 1.82) is 0 Å². The molecule has 3 rings (SSSR count). The Balaban J connectivity index is 1.70. The number of aromatic amines is 1. The molecule has 0 amide bonds. The summed E-state index contributed by atoms with van der Waals surface area (Å²) in [7, 11) is 0. The van der Waals surface area contributed by atoms with E-state index in [4.69, 9.17) is 0 Å². The van der Waals surface area contributed by atoms with Crippen molar-refractivity contribution in [3.05, 3.63) is 40.8 Å². The van der Waals surface area contributed by atoms with Crippen molar-refractivity contribution in [3.63, 3.8) is 0 Å². The Kier molecular flexibility index (Phi) is 3.97. The van der Waals surface area contributed by atoms with E-state index in [9.17, 15) is 4.79 Å². The molecule has 2 N–H and O–H groups in total. The molecule has 0 spiro atoms. The smallest absolute Gasteiger partial charge is 0.255 e. The van der Waals surface area contributed by atoms with Crippen molar-refractivity contribution in [1.82, 2.24) is 9.88 Å². The van der Waals surface area contributed by atoms with Crippen LogP contribution in [0.1, 0.15) is 20.3 Å². The second-order valence-electron chi connectivity index (χ2n) is 6.39. The second kappa shape index (κ2) is 5.90. The highest BCUT2D eigenvalue weighted by molar-refractivity contribution is 5.84. The molecule has 2 aromatic rings. The summed E-state index contributed by atoms with van der Waals surface area (Å²) >= 11 is 0. The molecular formula is C17H23N3O. The Hall–Kier alpha value is -1.81. The zero-order valence-electron chi connectivity index (χ0n) is 12.7. The summed E-state index contributed by atoms with van der Waals surface area (Å²) in [5.74, 6) is 0.719. The van der Waals surface area contributed by atoms with Crippen LogP contribution in [-0.2, 0) is 0 Å². The topological polar surface area (TPSA) is 48.1 Å². The number of likely N-dealkylation sites (tertiary alicyclic amines) is 1. The molecule has 1 saturated heterocycles. The van der Waals surface area contributed by atoms with Crippen molar-refractivity contribution in [2.24, 2.45) is 5.92 Å². The van der Waals surface area contributed by atoms with Gasteiger partial charge in [-0.05, 0) is 42.0 Å². The van der Waals surface area contributed by atoms with E-state index in [0.29, 0.717) is 6.04 Å². The van der Waals surface area contributed by atoms with Crippen molar-refractivity contribution < 1.29 is 0 Å². The first kappa shape index (κ1) is 14.1. The van der Waals surface area contributed by atoms with E-state index in [1.54, 1.807) is 6.20 Å². The van der Waals surface area contributed by atoms with Gasteiger partial charge in [0.25, 0.3) is 5.56 Å². The average Bonchev–Trinajstić information content (AvgIpc) is 2.85. The van der Waals surface area contributed by atoms with Crippen LogP contribution in [0.15, 0.2) is 35.3 Å². The Bertz CT molecular complexity index is 677. The first-order valence-corrected chi connectivity index (χ1v) is 7.72. The number of aromatic nitrogens is 1. The van der Waals surface area contributed by atoms with Crippen molar-refractivity contribution in [2.75, 3.05) is 25.0 Å². The van der Waals surface area contributed by atoms with Crippen LogP contribution in [0.2, 0.25) is 0 Å². The number of hydrogen-bond donors (Lipinski definition) is 2. The number of nitrogens with one attached hydrogen (secondary N) is 2. The van der Waals surface area contributed by atoms with Gasteiger partial charge >= 0.3 is 0 Å². The highest BCUT2D eigenvalue weighted by atomic mass is 16.1. The van der Waals surface area contributed by atoms with Gasteiger partial charge in [0.05, 0.1) is 0 Å². The van der Waals surface area contributed by atoms with Crippen molar-refractivity contribution in [2.45, 2.75) is 26.3 Å². The van der Waals surface area contributed by atoms with E-state index in [0.717, 1.165) is 28.9 Å². The maximum atomic E-state index is 11.7. The highest BCUT2D eigenvalue weighted by Crippen LogP contribution is 2.20. The van der Waals surface area contributed by atoms with Crippen LogP contribution < -0.4 is 10.9 Å². The molecule has 4 nitrogen and oxygen atoms in total. The third-order valence-corrected chi connectivity index (χ3v) is 4.04. The van der Waals surface area contributed by atoms with E-state index < -0.39 is 0 Å². The fourth-order valence-corrected chi connectivity index (χ4v) is 3.15. The van der Waals surface area contributed by atoms with Gasteiger partial charge in [-0.1, -0.05) is 13.8 Å². The fraction of sp³-hybridized carbons (Fsp3) is 0.471. The molecule has 1 aromatic carbocycles. The SMILES string of the molecule is CC(C)CN1CCC(Nc2ccc3c(=O)[nH]ccc3c2)C1. The van der Waals surface area contributed by atoms with Crippen LogP contribution >= 0.6 is 0 Å². The number of nitrogens with zero attached hydrogens (tertiary/aromatic N) is 1. The van der Waals surface area contributed by atoms with Gasteiger partial charge in [-0.2, -0.15) is 0 Å². The molecule has 21 heavy (non-hydrogen) atoms. The Morgan fingerprint density at radius 2 is 2.24 bits per heavy atom. The monoisotopic (exact) mass is 285 g/mol. The number of anilines is 1. The highest BCUT2D eigenvalue weighted by Gasteiger charge is 2.22. The Morgan fingerprint density at radius 3 is 3.05 bits per heavy atom. The number of hydrogen-bond acceptors (Lipinski definition) is 3. The number of fused-ring (bicyclic) bond motifs is 1. The lowest BCUT2D eigenvalue weighted by Gasteiger charge is -2.19. The minimum absolute atomic E-state index is 0.0250. The molecule has 4 heteroatoms. The van der Waals surface area contributed by atoms with Crippen molar-refractivity contribution >= 4 is 16.5 Å². The maximum absolute atomic E-state index is 11.7. The Morgan fingerprint density at radius 1 is 1.38 bits per heavy atom. The summed E-state index contributed by atoms with van der Waals surface area (Å²) in [5.41, 5.74) is 1.08. The normalized spacial score (nSPS) is 19.5. The van der Waals surface area contributed by atoms with E-state index in [1.165, 1.54) is 19.5 Å². The van der Waals surface area contributed by atoms with Crippen LogP contribution in [0.4, 0.5) is 5.69 Å². The zero-order valence-corrected chi connectivity index (χ0v) is 12.7. The van der Waals surface area contributed by atoms with E-state index in [-0.39, 0.29) is 5.56 Å². The average molecular weight is 285 g/mol. The minimum Gasteiger partial charge on any atom is -0.381 e. The maximum Gasteiger partial charge on any atom is 0.255 e. The van der Waals surface area contributed by atoms with Gasteiger partial charge in [0.15, 0.2) is 0 Å². The summed E-state index contributed by atoms with van der Waals surface area (Å²) in [6.45, 7) is 7.98. The molecule has 1 fully saturated rings. The van der Waals surface area contributed by atoms with E-state index >= 15 is 0 Å². The van der Waals surface area contributed by atoms with Gasteiger partial charge in [0, 0.05) is 42.9 Å². The molecule has 1 unspecified atom stereocenters. The third-order valence-electron chi connectivity index (χ3n) is 4.04. The van der Waals surface area contributed by atoms with Gasteiger partial charge in [0.1, 0.15) is 0 Å². The first-order valence-electron chi connectivity index (χ1n) is 7.72. The van der Waals surface area contributed by atoms with Crippen molar-refractivity contribution in [3.8, 4) is 0 Å². The Labute approximate surface area is 125 Å². The quantitative estimate of drug-likeness (QED) is 0.908. The summed E-state index contributed by atoms with van der Waals surface area (Å²) in [6, 6.07) is 8.42. The lowest BCUT2D eigenvalue weighted by atomic mass is 10.1. The fourth-order valence-electron chi connectivity index (χ4n) is 3.15. The number of benzene rings is 1. The van der Waals surface area contributed by atoms with Crippen LogP contribution in [0.3, 0.4) is 0 Å². The van der Waals surface area contributed by atoms with Crippen LogP contribution in [0.5, 0.6) is 0 Å². The molecule has 0 aliphatic carbocycles. The van der Waals surface area contributed by atoms with Gasteiger partial charge in [-0.25, -0.2) is 0 Å². The van der Waals surface area contributed by atoms with Gasteiger partial charge in [-0.15, -0.1) is 0 Å². The molecule has 1 aliphatic heterocycles. The standard InChI is InChI=1S/C17H23N3O/c1-12(2)10-20-8-6-15(11-20)19-14-3-4-16-13(9-14)5-7-18-17(16)21/h3-5,7,9,12,15,19H,6,8,10-11H2,1-2H3,(H,18,21). The van der Waals surface area contributed by atoms with E-state index in [2.05, 4.69) is 35.1 Å². The van der Waals surface area contributed by atoms with Gasteiger partial charge < -0.3 is 15.2 Å². The van der Waals surface area contributed by atoms with Crippen LogP contribution in [0.25, 0.3) is 10.8 Å². The van der Waals surface area contributed by atoms with Crippen LogP contribution in [0, 0.1) is 5.92 Å². The van der Waals surface area contributed by atoms with Gasteiger partial charge in [0.2, 0.25) is 0 Å². The molecule has 0 saturated carbocycles. The largest absolute Gasteiger partial charge is 0.381 e. The molecule has 1 aromatic heterocycles. The summed E-state index contributed by atoms with van der Waals surface area (Å²) in [4.78, 5) is 16.9. The predicted molar refractivity (Wildman–Crippen MR) is 87.9 cm³/mol. The molecule has 1 aliphatic rings. The minimum atomic E-state index is -0.0250. The molecule has 0 radical (unpaired) electrons. The van der Waals surface area contributed by atoms with Crippen LogP contribution in [-0.4, -0.2) is 35.6 Å². The lowest BCUT2D eigenvalue weighted by molar-refractivity contribution is 0.296. The lowest BCUT2D eigenvalue weighted by Crippen LogP contribution is -2.29. The van der Waals surface area contributed by atoms with E-state index in [1.807, 2.05) is 18.2 Å². The molecule has 0 bridgehead atoms. The van der Waals surface area contributed by atoms with Gasteiger partial charge in [-0.3, -0.25) is 4.79 Å². The molecule has 2 heterocycles. The first-order chi connectivity index (χ1) is 10.1.